The van der Waals surface area contributed by atoms with Crippen LogP contribution in [0, 0.1) is 0 Å². The molecule has 0 amide bonds. The summed E-state index contributed by atoms with van der Waals surface area (Å²) in [7, 11) is 2.93. The molecule has 1 aliphatic heterocycles. The van der Waals surface area contributed by atoms with Gasteiger partial charge in [0.15, 0.2) is 5.11 Å². The highest BCUT2D eigenvalue weighted by Crippen LogP contribution is 2.44. The second kappa shape index (κ2) is 10.0. The molecule has 1 aliphatic rings. The first-order valence-electron chi connectivity index (χ1n) is 11.1. The lowest BCUT2D eigenvalue weighted by Gasteiger charge is -2.26. The van der Waals surface area contributed by atoms with Crippen LogP contribution in [0.2, 0.25) is 5.02 Å². The largest absolute Gasteiger partial charge is 0.495 e. The zero-order valence-electron chi connectivity index (χ0n) is 19.5. The molecule has 2 atom stereocenters. The standard InChI is InChI=1S/C27H22ClN3O4S/c1-33-22-10-9-18(15-19(22)28)31-25(24(30-27(31)36)20-8-3-4-13-29-20)23-12-11-21(35-23)16-6-5-7-17(14-16)26(32)34-2/h3-15,24-25H,1-2H3,(H,30,36)/t24-,25-/m1/s1. The fraction of sp³-hybridized carbons (Fsp3) is 0.148. The predicted octanol–water partition coefficient (Wildman–Crippen LogP) is 5.97. The van der Waals surface area contributed by atoms with Crippen LogP contribution in [0.15, 0.2) is 83.4 Å². The highest BCUT2D eigenvalue weighted by atomic mass is 35.5. The monoisotopic (exact) mass is 519 g/mol. The van der Waals surface area contributed by atoms with Gasteiger partial charge in [0.2, 0.25) is 0 Å². The maximum absolute atomic E-state index is 12.0. The summed E-state index contributed by atoms with van der Waals surface area (Å²) >= 11 is 12.2. The first-order valence-corrected chi connectivity index (χ1v) is 11.9. The molecule has 7 nitrogen and oxygen atoms in total. The Kier molecular flexibility index (Phi) is 6.63. The fourth-order valence-corrected chi connectivity index (χ4v) is 4.91. The van der Waals surface area contributed by atoms with Gasteiger partial charge in [0.25, 0.3) is 0 Å². The normalized spacial score (nSPS) is 17.1. The van der Waals surface area contributed by atoms with Crippen LogP contribution in [0.4, 0.5) is 5.69 Å². The SMILES string of the molecule is COC(=O)c1cccc(-c2ccc([C@@H]3[C@@H](c4ccccn4)NC(=S)N3c3ccc(OC)c(Cl)c3)o2)c1. The van der Waals surface area contributed by atoms with Gasteiger partial charge in [-0.3, -0.25) is 4.98 Å². The number of nitrogens with zero attached hydrogens (tertiary/aromatic N) is 2. The molecule has 5 rings (SSSR count). The average molecular weight is 520 g/mol. The smallest absolute Gasteiger partial charge is 0.337 e. The van der Waals surface area contributed by atoms with Gasteiger partial charge in [-0.2, -0.15) is 0 Å². The number of nitrogens with one attached hydrogen (secondary N) is 1. The number of thiocarbonyl (C=S) groups is 1. The molecule has 0 saturated carbocycles. The van der Waals surface area contributed by atoms with Crippen molar-refractivity contribution in [3.8, 4) is 17.1 Å². The highest BCUT2D eigenvalue weighted by molar-refractivity contribution is 7.80. The van der Waals surface area contributed by atoms with Crippen LogP contribution in [0.5, 0.6) is 5.75 Å². The van der Waals surface area contributed by atoms with Crippen LogP contribution in [0.25, 0.3) is 11.3 Å². The second-order valence-corrected chi connectivity index (χ2v) is 8.88. The topological polar surface area (TPSA) is 76.8 Å². The summed E-state index contributed by atoms with van der Waals surface area (Å²) in [6.07, 6.45) is 1.75. The lowest BCUT2D eigenvalue weighted by Crippen LogP contribution is -2.29. The Morgan fingerprint density at radius 3 is 2.67 bits per heavy atom. The van der Waals surface area contributed by atoms with E-state index < -0.39 is 5.97 Å². The number of methoxy groups -OCH3 is 2. The zero-order chi connectivity index (χ0) is 25.2. The van der Waals surface area contributed by atoms with Crippen molar-refractivity contribution in [2.75, 3.05) is 19.1 Å². The fourth-order valence-electron chi connectivity index (χ4n) is 4.31. The molecule has 2 aromatic heterocycles. The van der Waals surface area contributed by atoms with Crippen molar-refractivity contribution in [3.63, 3.8) is 0 Å². The third kappa shape index (κ3) is 4.41. The molecule has 2 aromatic carbocycles. The van der Waals surface area contributed by atoms with Crippen molar-refractivity contribution in [3.05, 3.63) is 101 Å². The molecule has 1 N–H and O–H groups in total. The van der Waals surface area contributed by atoms with Crippen LogP contribution in [0.3, 0.4) is 0 Å². The maximum Gasteiger partial charge on any atom is 0.337 e. The number of rotatable bonds is 6. The number of pyridine rings is 1. The number of benzene rings is 2. The number of hydrogen-bond acceptors (Lipinski definition) is 6. The van der Waals surface area contributed by atoms with Gasteiger partial charge in [-0.05, 0) is 66.8 Å². The van der Waals surface area contributed by atoms with E-state index in [2.05, 4.69) is 10.3 Å². The minimum atomic E-state index is -0.410. The quantitative estimate of drug-likeness (QED) is 0.247. The summed E-state index contributed by atoms with van der Waals surface area (Å²) in [6, 6.07) is 21.5. The Morgan fingerprint density at radius 2 is 1.94 bits per heavy atom. The number of esters is 1. The predicted molar refractivity (Wildman–Crippen MR) is 141 cm³/mol. The molecular weight excluding hydrogens is 498 g/mol. The van der Waals surface area contributed by atoms with Gasteiger partial charge in [0, 0.05) is 17.4 Å². The third-order valence-electron chi connectivity index (χ3n) is 6.00. The van der Waals surface area contributed by atoms with E-state index in [9.17, 15) is 4.79 Å². The first-order chi connectivity index (χ1) is 17.5. The van der Waals surface area contributed by atoms with Crippen LogP contribution in [-0.2, 0) is 4.74 Å². The van der Waals surface area contributed by atoms with Gasteiger partial charge >= 0.3 is 5.97 Å². The Labute approximate surface area is 218 Å². The Hall–Kier alpha value is -3.88. The second-order valence-electron chi connectivity index (χ2n) is 8.09. The average Bonchev–Trinajstić information content (AvgIpc) is 3.53. The minimum absolute atomic E-state index is 0.278. The van der Waals surface area contributed by atoms with Gasteiger partial charge in [-0.15, -0.1) is 0 Å². The number of hydrogen-bond donors (Lipinski definition) is 1. The van der Waals surface area contributed by atoms with Crippen LogP contribution >= 0.6 is 23.8 Å². The lowest BCUT2D eigenvalue weighted by molar-refractivity contribution is 0.0601. The van der Waals surface area contributed by atoms with Crippen molar-refractivity contribution in [1.82, 2.24) is 10.3 Å². The molecule has 0 bridgehead atoms. The zero-order valence-corrected chi connectivity index (χ0v) is 21.0. The van der Waals surface area contributed by atoms with E-state index in [1.54, 1.807) is 37.6 Å². The van der Waals surface area contributed by atoms with Crippen molar-refractivity contribution in [2.45, 2.75) is 12.1 Å². The molecule has 9 heteroatoms. The van der Waals surface area contributed by atoms with Crippen molar-refractivity contribution in [2.24, 2.45) is 0 Å². The van der Waals surface area contributed by atoms with E-state index in [1.165, 1.54) is 7.11 Å². The number of aromatic nitrogens is 1. The molecule has 0 spiro atoms. The van der Waals surface area contributed by atoms with E-state index in [0.29, 0.717) is 33.0 Å². The number of carbonyl (C=O) groups is 1. The molecule has 36 heavy (non-hydrogen) atoms. The van der Waals surface area contributed by atoms with Crippen LogP contribution in [0.1, 0.15) is 33.9 Å². The molecule has 182 valence electrons. The van der Waals surface area contributed by atoms with Gasteiger partial charge < -0.3 is 24.1 Å². The number of halogens is 1. The molecule has 0 radical (unpaired) electrons. The summed E-state index contributed by atoms with van der Waals surface area (Å²) in [6.45, 7) is 0. The molecule has 0 aliphatic carbocycles. The lowest BCUT2D eigenvalue weighted by atomic mass is 10.0. The van der Waals surface area contributed by atoms with Gasteiger partial charge in [-0.1, -0.05) is 29.8 Å². The summed E-state index contributed by atoms with van der Waals surface area (Å²) in [5, 5.41) is 4.38. The van der Waals surface area contributed by atoms with E-state index in [0.717, 1.165) is 16.9 Å². The van der Waals surface area contributed by atoms with E-state index in [-0.39, 0.29) is 12.1 Å². The van der Waals surface area contributed by atoms with E-state index in [4.69, 9.17) is 37.7 Å². The number of ether oxygens (including phenoxy) is 2. The van der Waals surface area contributed by atoms with E-state index >= 15 is 0 Å². The summed E-state index contributed by atoms with van der Waals surface area (Å²) in [5.41, 5.74) is 2.80. The maximum atomic E-state index is 12.0. The van der Waals surface area contributed by atoms with Crippen molar-refractivity contribution < 1.29 is 18.7 Å². The van der Waals surface area contributed by atoms with Crippen molar-refractivity contribution in [1.29, 1.82) is 0 Å². The van der Waals surface area contributed by atoms with Crippen LogP contribution < -0.4 is 15.0 Å². The molecule has 0 unspecified atom stereocenters. The Balaban J connectivity index is 1.58. The van der Waals surface area contributed by atoms with Gasteiger partial charge in [0.1, 0.15) is 23.3 Å². The molecular formula is C27H22ClN3O4S. The van der Waals surface area contributed by atoms with Gasteiger partial charge in [0.05, 0.1) is 36.5 Å². The van der Waals surface area contributed by atoms with E-state index in [1.807, 2.05) is 53.4 Å². The Morgan fingerprint density at radius 1 is 1.08 bits per heavy atom. The summed E-state index contributed by atoms with van der Waals surface area (Å²) in [4.78, 5) is 18.5. The molecule has 1 saturated heterocycles. The molecule has 4 aromatic rings. The van der Waals surface area contributed by atoms with Crippen molar-refractivity contribution >= 4 is 40.6 Å². The van der Waals surface area contributed by atoms with Gasteiger partial charge in [-0.25, -0.2) is 4.79 Å². The number of carbonyl (C=O) groups excluding carboxylic acids is 1. The highest BCUT2D eigenvalue weighted by Gasteiger charge is 2.42. The molecule has 3 heterocycles. The summed E-state index contributed by atoms with van der Waals surface area (Å²) < 4.78 is 16.5. The summed E-state index contributed by atoms with van der Waals surface area (Å²) in [5.74, 6) is 1.44. The number of furan rings is 1. The first kappa shape index (κ1) is 23.8. The minimum Gasteiger partial charge on any atom is -0.495 e. The Bertz CT molecular complexity index is 1430. The van der Waals surface area contributed by atoms with Crippen LogP contribution in [-0.4, -0.2) is 30.3 Å². The number of anilines is 1. The third-order valence-corrected chi connectivity index (χ3v) is 6.61. The molecule has 1 fully saturated rings.